The standard InChI is InChI=1S/C34H30ClN9O2/c35-25-10-14-30(44-20-38-42-43-44)23(16-25)9-15-31(45)40-28(13-6-21-4-2-1-3-5-21)29-17-24(19-37-41-29)22-7-11-26(12-8-22)39-33(46)32-27-18-34(27,32)36/h1-5,7-12,14-17,19-20,27-28,32H,6,13,18,36H2,(H,39,46)(H,40,45)/b15-9+/t27?,28-,32?,34?/m0/s1. The molecule has 4 N–H and O–H groups in total. The molecule has 3 unspecified atom stereocenters. The fourth-order valence-electron chi connectivity index (χ4n) is 5.83. The predicted molar refractivity (Wildman–Crippen MR) is 173 cm³/mol. The van der Waals surface area contributed by atoms with Gasteiger partial charge in [0.2, 0.25) is 11.8 Å². The molecule has 2 heterocycles. The molecule has 0 spiro atoms. The summed E-state index contributed by atoms with van der Waals surface area (Å²) >= 11 is 6.25. The van der Waals surface area contributed by atoms with Gasteiger partial charge in [-0.25, -0.2) is 0 Å². The number of fused-ring (bicyclic) bond motifs is 1. The minimum absolute atomic E-state index is 0.0209. The highest BCUT2D eigenvalue weighted by Crippen LogP contribution is 2.70. The number of hydrogen-bond acceptors (Lipinski definition) is 8. The van der Waals surface area contributed by atoms with Crippen molar-refractivity contribution in [1.29, 1.82) is 0 Å². The number of carbonyl (C=O) groups is 2. The van der Waals surface area contributed by atoms with Gasteiger partial charge < -0.3 is 16.4 Å². The van der Waals surface area contributed by atoms with E-state index in [1.54, 1.807) is 30.5 Å². The van der Waals surface area contributed by atoms with Crippen molar-refractivity contribution < 1.29 is 9.59 Å². The molecule has 4 atom stereocenters. The summed E-state index contributed by atoms with van der Waals surface area (Å²) in [5, 5.41) is 26.6. The highest BCUT2D eigenvalue weighted by atomic mass is 35.5. The van der Waals surface area contributed by atoms with Crippen LogP contribution in [0, 0.1) is 11.8 Å². The molecule has 0 saturated heterocycles. The van der Waals surface area contributed by atoms with Gasteiger partial charge in [-0.2, -0.15) is 14.9 Å². The van der Waals surface area contributed by atoms with Crippen molar-refractivity contribution in [2.45, 2.75) is 30.8 Å². The summed E-state index contributed by atoms with van der Waals surface area (Å²) in [5.41, 5.74) is 11.4. The molecule has 2 aromatic heterocycles. The van der Waals surface area contributed by atoms with Gasteiger partial charge in [0.15, 0.2) is 0 Å². The Bertz CT molecular complexity index is 1920. The van der Waals surface area contributed by atoms with E-state index in [-0.39, 0.29) is 23.3 Å². The third-order valence-corrected chi connectivity index (χ3v) is 8.89. The topological polar surface area (TPSA) is 154 Å². The van der Waals surface area contributed by atoms with E-state index in [1.165, 1.54) is 17.1 Å². The number of anilines is 1. The molecule has 11 nitrogen and oxygen atoms in total. The van der Waals surface area contributed by atoms with E-state index in [4.69, 9.17) is 17.3 Å². The van der Waals surface area contributed by atoms with Crippen LogP contribution in [0.5, 0.6) is 0 Å². The first-order valence-electron chi connectivity index (χ1n) is 15.0. The van der Waals surface area contributed by atoms with Crippen molar-refractivity contribution in [1.82, 2.24) is 35.7 Å². The van der Waals surface area contributed by atoms with Crippen LogP contribution >= 0.6 is 11.6 Å². The van der Waals surface area contributed by atoms with Crippen LogP contribution in [0.15, 0.2) is 97.5 Å². The molecular formula is C34H30ClN9O2. The number of nitrogens with two attached hydrogens (primary N) is 1. The molecule has 7 rings (SSSR count). The fraction of sp³-hybridized carbons (Fsp3) is 0.206. The maximum absolute atomic E-state index is 13.3. The van der Waals surface area contributed by atoms with Crippen LogP contribution in [0.3, 0.4) is 0 Å². The van der Waals surface area contributed by atoms with Gasteiger partial charge in [-0.15, -0.1) is 5.10 Å². The maximum Gasteiger partial charge on any atom is 0.244 e. The number of carbonyl (C=O) groups excluding carboxylic acids is 2. The average Bonchev–Trinajstić information content (AvgIpc) is 3.77. The number of aryl methyl sites for hydroxylation is 1. The Morgan fingerprint density at radius 1 is 1.04 bits per heavy atom. The zero-order valence-electron chi connectivity index (χ0n) is 24.6. The number of aromatic nitrogens is 6. The fourth-order valence-corrected chi connectivity index (χ4v) is 6.01. The van der Waals surface area contributed by atoms with Crippen LogP contribution in [0.1, 0.15) is 35.7 Å². The molecule has 2 aliphatic carbocycles. The minimum Gasteiger partial charge on any atom is -0.344 e. The van der Waals surface area contributed by atoms with Gasteiger partial charge in [-0.3, -0.25) is 9.59 Å². The molecule has 46 heavy (non-hydrogen) atoms. The average molecular weight is 632 g/mol. The largest absolute Gasteiger partial charge is 0.344 e. The second-order valence-electron chi connectivity index (χ2n) is 11.7. The Balaban J connectivity index is 1.09. The summed E-state index contributed by atoms with van der Waals surface area (Å²) in [4.78, 5) is 25.8. The van der Waals surface area contributed by atoms with E-state index in [0.717, 1.165) is 29.5 Å². The van der Waals surface area contributed by atoms with E-state index >= 15 is 0 Å². The Hall–Kier alpha value is -5.26. The van der Waals surface area contributed by atoms with Gasteiger partial charge in [-0.05, 0) is 89.2 Å². The van der Waals surface area contributed by atoms with Crippen molar-refractivity contribution >= 4 is 35.2 Å². The molecule has 2 amide bonds. The van der Waals surface area contributed by atoms with Crippen LogP contribution in [-0.4, -0.2) is 47.8 Å². The second kappa shape index (κ2) is 12.3. The van der Waals surface area contributed by atoms with Crippen molar-refractivity contribution in [3.05, 3.63) is 119 Å². The van der Waals surface area contributed by atoms with Crippen molar-refractivity contribution in [2.24, 2.45) is 17.6 Å². The lowest BCUT2D eigenvalue weighted by atomic mass is 10.00. The van der Waals surface area contributed by atoms with Crippen LogP contribution in [0.4, 0.5) is 5.69 Å². The van der Waals surface area contributed by atoms with Gasteiger partial charge in [0.1, 0.15) is 6.33 Å². The number of benzene rings is 3. The van der Waals surface area contributed by atoms with Crippen LogP contribution in [0.25, 0.3) is 22.9 Å². The predicted octanol–water partition coefficient (Wildman–Crippen LogP) is 4.56. The Labute approximate surface area is 269 Å². The molecule has 0 bridgehead atoms. The highest BCUT2D eigenvalue weighted by Gasteiger charge is 2.79. The quantitative estimate of drug-likeness (QED) is 0.179. The Morgan fingerprint density at radius 3 is 2.57 bits per heavy atom. The smallest absolute Gasteiger partial charge is 0.244 e. The second-order valence-corrected chi connectivity index (χ2v) is 12.1. The molecular weight excluding hydrogens is 602 g/mol. The summed E-state index contributed by atoms with van der Waals surface area (Å²) < 4.78 is 1.50. The van der Waals surface area contributed by atoms with Crippen molar-refractivity contribution in [3.8, 4) is 16.8 Å². The Morgan fingerprint density at radius 2 is 1.85 bits per heavy atom. The zero-order valence-corrected chi connectivity index (χ0v) is 25.4. The van der Waals surface area contributed by atoms with Gasteiger partial charge in [0.25, 0.3) is 0 Å². The molecule has 2 aliphatic rings. The van der Waals surface area contributed by atoms with Crippen molar-refractivity contribution in [2.75, 3.05) is 5.32 Å². The first kappa shape index (κ1) is 29.5. The van der Waals surface area contributed by atoms with E-state index in [2.05, 4.69) is 48.5 Å². The monoisotopic (exact) mass is 631 g/mol. The molecule has 230 valence electrons. The number of rotatable bonds is 11. The number of halogens is 1. The molecule has 2 saturated carbocycles. The number of nitrogens with zero attached hydrogens (tertiary/aromatic N) is 6. The van der Waals surface area contributed by atoms with E-state index in [1.807, 2.05) is 48.5 Å². The number of nitrogens with one attached hydrogen (secondary N) is 2. The molecule has 12 heteroatoms. The van der Waals surface area contributed by atoms with Crippen LogP contribution in [0.2, 0.25) is 5.02 Å². The summed E-state index contributed by atoms with van der Waals surface area (Å²) in [7, 11) is 0. The maximum atomic E-state index is 13.3. The lowest BCUT2D eigenvalue weighted by Crippen LogP contribution is -2.28. The minimum atomic E-state index is -0.421. The van der Waals surface area contributed by atoms with Crippen molar-refractivity contribution in [3.63, 3.8) is 0 Å². The number of hydrogen-bond donors (Lipinski definition) is 3. The summed E-state index contributed by atoms with van der Waals surface area (Å²) in [6, 6.07) is 24.4. The molecule has 3 aromatic carbocycles. The third-order valence-electron chi connectivity index (χ3n) is 8.66. The normalized spacial score (nSPS) is 20.1. The lowest BCUT2D eigenvalue weighted by molar-refractivity contribution is -0.119. The third kappa shape index (κ3) is 6.28. The highest BCUT2D eigenvalue weighted by molar-refractivity contribution is 6.30. The summed E-state index contributed by atoms with van der Waals surface area (Å²) in [6.07, 6.45) is 8.55. The Kier molecular flexibility index (Phi) is 7.85. The van der Waals surface area contributed by atoms with Gasteiger partial charge >= 0.3 is 0 Å². The van der Waals surface area contributed by atoms with E-state index in [0.29, 0.717) is 40.0 Å². The van der Waals surface area contributed by atoms with Gasteiger partial charge in [0.05, 0.1) is 29.5 Å². The van der Waals surface area contributed by atoms with E-state index < -0.39 is 6.04 Å². The van der Waals surface area contributed by atoms with Crippen LogP contribution < -0.4 is 16.4 Å². The van der Waals surface area contributed by atoms with Crippen LogP contribution in [-0.2, 0) is 16.0 Å². The lowest BCUT2D eigenvalue weighted by Gasteiger charge is -2.18. The molecule has 0 radical (unpaired) electrons. The van der Waals surface area contributed by atoms with E-state index in [9.17, 15) is 9.59 Å². The summed E-state index contributed by atoms with van der Waals surface area (Å²) in [6.45, 7) is 0. The first-order valence-corrected chi connectivity index (χ1v) is 15.3. The van der Waals surface area contributed by atoms with Gasteiger partial charge in [0, 0.05) is 33.5 Å². The number of tetrazole rings is 1. The molecule has 2 fully saturated rings. The SMILES string of the molecule is NC12CC1C2C(=O)Nc1ccc(-c2cnnc([C@H](CCc3ccccc3)NC(=O)/C=C/c3cc(Cl)ccc3-n3cnnn3)c2)cc1. The van der Waals surface area contributed by atoms with Gasteiger partial charge in [-0.1, -0.05) is 54.1 Å². The zero-order chi connectivity index (χ0) is 31.7. The first-order chi connectivity index (χ1) is 22.4. The number of amides is 2. The summed E-state index contributed by atoms with van der Waals surface area (Å²) in [5.74, 6) is -0.0612. The molecule has 5 aromatic rings. The molecule has 0 aliphatic heterocycles.